The molecule has 0 aliphatic carbocycles. The number of benzene rings is 1. The van der Waals surface area contributed by atoms with Crippen LogP contribution in [0.25, 0.3) is 22.6 Å². The van der Waals surface area contributed by atoms with E-state index in [0.29, 0.717) is 10.6 Å². The van der Waals surface area contributed by atoms with Gasteiger partial charge in [-0.15, -0.1) is 0 Å². The van der Waals surface area contributed by atoms with Crippen LogP contribution in [0.3, 0.4) is 0 Å². The first-order chi connectivity index (χ1) is 8.25. The van der Waals surface area contributed by atoms with E-state index in [9.17, 15) is 4.79 Å². The predicted octanol–water partition coefficient (Wildman–Crippen LogP) is 1.63. The highest BCUT2D eigenvalue weighted by atomic mass is 35.5. The number of aromatic nitrogens is 4. The molecule has 0 atom stereocenters. The fourth-order valence-corrected chi connectivity index (χ4v) is 1.72. The minimum atomic E-state index is -0.388. The Labute approximate surface area is 99.2 Å². The lowest BCUT2D eigenvalue weighted by atomic mass is 10.1. The van der Waals surface area contributed by atoms with Crippen LogP contribution in [0.15, 0.2) is 33.7 Å². The number of aromatic amines is 1. The van der Waals surface area contributed by atoms with Crippen molar-refractivity contribution in [2.45, 2.75) is 0 Å². The summed E-state index contributed by atoms with van der Waals surface area (Å²) in [7, 11) is 0. The second-order valence-electron chi connectivity index (χ2n) is 3.33. The van der Waals surface area contributed by atoms with Crippen molar-refractivity contribution in [2.24, 2.45) is 0 Å². The molecule has 17 heavy (non-hydrogen) atoms. The van der Waals surface area contributed by atoms with Crippen LogP contribution in [0, 0.1) is 0 Å². The van der Waals surface area contributed by atoms with Crippen molar-refractivity contribution in [2.75, 3.05) is 0 Å². The Bertz CT molecular complexity index is 749. The number of nitrogens with zero attached hydrogens (tertiary/aromatic N) is 3. The molecule has 1 N–H and O–H groups in total. The fraction of sp³-hybridized carbons (Fsp3) is 0. The molecule has 3 aromatic rings. The van der Waals surface area contributed by atoms with Crippen molar-refractivity contribution in [1.82, 2.24) is 20.3 Å². The molecule has 6 nitrogen and oxygen atoms in total. The highest BCUT2D eigenvalue weighted by molar-refractivity contribution is 6.33. The Hall–Kier alpha value is -2.21. The lowest BCUT2D eigenvalue weighted by molar-refractivity contribution is 0.314. The van der Waals surface area contributed by atoms with Gasteiger partial charge in [0.1, 0.15) is 5.69 Å². The number of nitrogens with one attached hydrogen (secondary N) is 1. The molecule has 0 amide bonds. The van der Waals surface area contributed by atoms with Crippen LogP contribution < -0.4 is 5.56 Å². The monoisotopic (exact) mass is 248 g/mol. The van der Waals surface area contributed by atoms with E-state index in [1.807, 2.05) is 0 Å². The number of fused-ring (bicyclic) bond motifs is 1. The van der Waals surface area contributed by atoms with Gasteiger partial charge < -0.3 is 0 Å². The lowest BCUT2D eigenvalue weighted by Crippen LogP contribution is -2.11. The van der Waals surface area contributed by atoms with Crippen molar-refractivity contribution in [3.8, 4) is 11.3 Å². The molecular weight excluding hydrogens is 244 g/mol. The number of H-pyrrole nitrogens is 1. The predicted molar refractivity (Wildman–Crippen MR) is 60.7 cm³/mol. The van der Waals surface area contributed by atoms with Gasteiger partial charge in [-0.3, -0.25) is 9.78 Å². The van der Waals surface area contributed by atoms with Gasteiger partial charge in [0, 0.05) is 5.56 Å². The molecule has 0 radical (unpaired) electrons. The number of hydrogen-bond donors (Lipinski definition) is 1. The molecule has 84 valence electrons. The van der Waals surface area contributed by atoms with E-state index in [0.717, 1.165) is 0 Å². The van der Waals surface area contributed by atoms with E-state index in [-0.39, 0.29) is 22.5 Å². The summed E-state index contributed by atoms with van der Waals surface area (Å²) >= 11 is 6.00. The maximum atomic E-state index is 11.8. The second-order valence-corrected chi connectivity index (χ2v) is 3.74. The average Bonchev–Trinajstić information content (AvgIpc) is 2.76. The molecule has 1 aromatic carbocycles. The zero-order chi connectivity index (χ0) is 11.8. The highest BCUT2D eigenvalue weighted by Crippen LogP contribution is 2.23. The summed E-state index contributed by atoms with van der Waals surface area (Å²) in [5.74, 6) is 0. The Morgan fingerprint density at radius 1 is 1.24 bits per heavy atom. The van der Waals surface area contributed by atoms with Crippen LogP contribution in [0.2, 0.25) is 5.02 Å². The Morgan fingerprint density at radius 3 is 2.88 bits per heavy atom. The van der Waals surface area contributed by atoms with E-state index in [1.54, 1.807) is 24.3 Å². The molecule has 0 fully saturated rings. The van der Waals surface area contributed by atoms with Gasteiger partial charge in [0.2, 0.25) is 11.3 Å². The maximum Gasteiger partial charge on any atom is 0.276 e. The van der Waals surface area contributed by atoms with Crippen molar-refractivity contribution in [1.29, 1.82) is 0 Å². The van der Waals surface area contributed by atoms with Gasteiger partial charge in [-0.1, -0.05) is 29.8 Å². The Balaban J connectivity index is 2.34. The Morgan fingerprint density at radius 2 is 2.06 bits per heavy atom. The van der Waals surface area contributed by atoms with Gasteiger partial charge >= 0.3 is 0 Å². The SMILES string of the molecule is O=c1[nH]c2nonc2nc1-c1ccccc1Cl. The van der Waals surface area contributed by atoms with Crippen LogP contribution in [0.1, 0.15) is 0 Å². The number of halogens is 1. The van der Waals surface area contributed by atoms with Gasteiger partial charge in [0.25, 0.3) is 5.56 Å². The molecule has 0 unspecified atom stereocenters. The molecule has 3 rings (SSSR count). The van der Waals surface area contributed by atoms with E-state index in [1.165, 1.54) is 0 Å². The third-order valence-corrected chi connectivity index (χ3v) is 2.59. The van der Waals surface area contributed by atoms with Gasteiger partial charge in [0.05, 0.1) is 5.02 Å². The zero-order valence-electron chi connectivity index (χ0n) is 8.35. The van der Waals surface area contributed by atoms with Crippen LogP contribution in [0.5, 0.6) is 0 Å². The van der Waals surface area contributed by atoms with Gasteiger partial charge in [-0.2, -0.15) is 0 Å². The molecule has 0 bridgehead atoms. The van der Waals surface area contributed by atoms with Crippen LogP contribution >= 0.6 is 11.6 Å². The summed E-state index contributed by atoms with van der Waals surface area (Å²) in [4.78, 5) is 18.4. The first-order valence-corrected chi connectivity index (χ1v) is 5.11. The molecule has 2 heterocycles. The summed E-state index contributed by atoms with van der Waals surface area (Å²) < 4.78 is 4.48. The summed E-state index contributed by atoms with van der Waals surface area (Å²) in [6.07, 6.45) is 0. The second kappa shape index (κ2) is 3.67. The molecule has 0 aliphatic rings. The number of hydrogen-bond acceptors (Lipinski definition) is 5. The van der Waals surface area contributed by atoms with Crippen LogP contribution in [-0.4, -0.2) is 20.3 Å². The summed E-state index contributed by atoms with van der Waals surface area (Å²) in [5.41, 5.74) is 0.797. The highest BCUT2D eigenvalue weighted by Gasteiger charge is 2.12. The molecule has 0 saturated heterocycles. The van der Waals surface area contributed by atoms with E-state index in [4.69, 9.17) is 11.6 Å². The van der Waals surface area contributed by atoms with E-state index >= 15 is 0 Å². The van der Waals surface area contributed by atoms with Crippen molar-refractivity contribution in [3.63, 3.8) is 0 Å². The van der Waals surface area contributed by atoms with Crippen LogP contribution in [0.4, 0.5) is 0 Å². The largest absolute Gasteiger partial charge is 0.299 e. The average molecular weight is 249 g/mol. The maximum absolute atomic E-state index is 11.8. The summed E-state index contributed by atoms with van der Waals surface area (Å²) in [6.45, 7) is 0. The summed E-state index contributed by atoms with van der Waals surface area (Å²) in [5, 5.41) is 7.51. The normalized spacial score (nSPS) is 10.9. The molecular formula is C10H5ClN4O2. The van der Waals surface area contributed by atoms with Crippen molar-refractivity contribution < 1.29 is 4.63 Å². The molecule has 0 saturated carbocycles. The molecule has 0 spiro atoms. The van der Waals surface area contributed by atoms with Gasteiger partial charge in [0.15, 0.2) is 0 Å². The van der Waals surface area contributed by atoms with E-state index < -0.39 is 0 Å². The van der Waals surface area contributed by atoms with Crippen molar-refractivity contribution in [3.05, 3.63) is 39.6 Å². The minimum Gasteiger partial charge on any atom is -0.299 e. The third-order valence-electron chi connectivity index (χ3n) is 2.26. The smallest absolute Gasteiger partial charge is 0.276 e. The van der Waals surface area contributed by atoms with Crippen LogP contribution in [-0.2, 0) is 0 Å². The quantitative estimate of drug-likeness (QED) is 0.707. The number of rotatable bonds is 1. The first kappa shape index (κ1) is 9.98. The molecule has 0 aliphatic heterocycles. The summed E-state index contributed by atoms with van der Waals surface area (Å²) in [6, 6.07) is 6.94. The third kappa shape index (κ3) is 1.58. The van der Waals surface area contributed by atoms with Gasteiger partial charge in [-0.25, -0.2) is 9.61 Å². The zero-order valence-corrected chi connectivity index (χ0v) is 9.10. The molecule has 2 aromatic heterocycles. The standard InChI is InChI=1S/C10H5ClN4O2/c11-6-4-2-1-3-5(6)7-10(16)13-9-8(12-7)14-17-15-9/h1-4H,(H,13,15,16). The van der Waals surface area contributed by atoms with E-state index in [2.05, 4.69) is 24.9 Å². The van der Waals surface area contributed by atoms with Crippen molar-refractivity contribution >= 4 is 22.9 Å². The molecule has 7 heteroatoms. The topological polar surface area (TPSA) is 84.7 Å². The first-order valence-electron chi connectivity index (χ1n) is 4.73. The van der Waals surface area contributed by atoms with Gasteiger partial charge in [-0.05, 0) is 16.4 Å². The lowest BCUT2D eigenvalue weighted by Gasteiger charge is -2.00. The minimum absolute atomic E-state index is 0.193. The fourth-order valence-electron chi connectivity index (χ4n) is 1.50. The Kier molecular flexibility index (Phi) is 2.15.